The quantitative estimate of drug-likeness (QED) is 0.547. The second-order valence-electron chi connectivity index (χ2n) is 5.78. The molecule has 0 spiro atoms. The van der Waals surface area contributed by atoms with Crippen molar-refractivity contribution in [2.75, 3.05) is 6.61 Å². The van der Waals surface area contributed by atoms with Crippen LogP contribution in [-0.2, 0) is 4.74 Å². The van der Waals surface area contributed by atoms with Crippen LogP contribution in [0.5, 0.6) is 5.75 Å². The molecule has 0 saturated carbocycles. The number of hydrogen-bond acceptors (Lipinski definition) is 3. The number of fused-ring (bicyclic) bond motifs is 3. The third-order valence-electron chi connectivity index (χ3n) is 3.82. The summed E-state index contributed by atoms with van der Waals surface area (Å²) in [5, 5.41) is 4.90. The van der Waals surface area contributed by atoms with E-state index in [9.17, 15) is 0 Å². The van der Waals surface area contributed by atoms with Crippen molar-refractivity contribution in [2.45, 2.75) is 39.9 Å². The molecule has 0 aliphatic heterocycles. The van der Waals surface area contributed by atoms with Gasteiger partial charge in [-0.05, 0) is 48.2 Å². The highest BCUT2D eigenvalue weighted by molar-refractivity contribution is 7.11. The summed E-state index contributed by atoms with van der Waals surface area (Å²) in [7, 11) is 0. The van der Waals surface area contributed by atoms with Crippen LogP contribution in [0.15, 0.2) is 35.7 Å². The van der Waals surface area contributed by atoms with Gasteiger partial charge in [0.1, 0.15) is 5.75 Å². The number of ether oxygens (including phenoxy) is 2. The fourth-order valence-electron chi connectivity index (χ4n) is 2.89. The minimum atomic E-state index is -0.247. The van der Waals surface area contributed by atoms with Crippen LogP contribution >= 0.6 is 11.3 Å². The van der Waals surface area contributed by atoms with Crippen LogP contribution in [0.25, 0.3) is 21.9 Å². The Morgan fingerprint density at radius 3 is 2.59 bits per heavy atom. The van der Waals surface area contributed by atoms with Gasteiger partial charge in [0.15, 0.2) is 6.29 Å². The van der Waals surface area contributed by atoms with Gasteiger partial charge < -0.3 is 9.47 Å². The van der Waals surface area contributed by atoms with Gasteiger partial charge >= 0.3 is 0 Å². The van der Waals surface area contributed by atoms with Crippen LogP contribution in [0.2, 0.25) is 0 Å². The van der Waals surface area contributed by atoms with Crippen molar-refractivity contribution in [1.29, 1.82) is 0 Å². The lowest BCUT2D eigenvalue weighted by Gasteiger charge is -2.15. The van der Waals surface area contributed by atoms with E-state index >= 15 is 0 Å². The fraction of sp³-hybridized carbons (Fsp3) is 0.368. The maximum absolute atomic E-state index is 6.05. The summed E-state index contributed by atoms with van der Waals surface area (Å²) < 4.78 is 11.6. The Balaban J connectivity index is 2.15. The van der Waals surface area contributed by atoms with E-state index in [4.69, 9.17) is 9.47 Å². The van der Waals surface area contributed by atoms with Crippen molar-refractivity contribution in [3.8, 4) is 16.9 Å². The summed E-state index contributed by atoms with van der Waals surface area (Å²) in [6.07, 6.45) is -0.247. The lowest BCUT2D eigenvalue weighted by molar-refractivity contribution is -0.0609. The molecule has 0 bridgehead atoms. The van der Waals surface area contributed by atoms with Gasteiger partial charge in [-0.15, -0.1) is 11.3 Å². The first kappa shape index (κ1) is 15.3. The van der Waals surface area contributed by atoms with Crippen molar-refractivity contribution in [3.63, 3.8) is 0 Å². The Hall–Kier alpha value is -1.58. The summed E-state index contributed by atoms with van der Waals surface area (Å²) in [4.78, 5) is 1.44. The van der Waals surface area contributed by atoms with E-state index in [2.05, 4.69) is 37.4 Å². The number of rotatable bonds is 5. The molecule has 1 heterocycles. The molecule has 1 aromatic rings. The topological polar surface area (TPSA) is 18.5 Å². The van der Waals surface area contributed by atoms with Crippen LogP contribution < -0.4 is 4.74 Å². The molecular formula is C19H22O2S. The van der Waals surface area contributed by atoms with E-state index in [1.54, 1.807) is 0 Å². The molecule has 0 radical (unpaired) electrons. The molecule has 0 aromatic carbocycles. The van der Waals surface area contributed by atoms with Crippen molar-refractivity contribution in [3.05, 3.63) is 40.6 Å². The minimum absolute atomic E-state index is 0.247. The zero-order valence-electron chi connectivity index (χ0n) is 13.6. The summed E-state index contributed by atoms with van der Waals surface area (Å²) in [6, 6.07) is 10.6. The molecule has 2 aliphatic carbocycles. The maximum Gasteiger partial charge on any atom is 0.196 e. The smallest absolute Gasteiger partial charge is 0.196 e. The van der Waals surface area contributed by atoms with E-state index in [0.29, 0.717) is 12.5 Å². The third-order valence-corrected chi connectivity index (χ3v) is 5.12. The Morgan fingerprint density at radius 1 is 1.09 bits per heavy atom. The molecule has 0 amide bonds. The first-order valence-corrected chi connectivity index (χ1v) is 8.70. The van der Waals surface area contributed by atoms with Gasteiger partial charge in [0.2, 0.25) is 0 Å². The molecule has 1 unspecified atom stereocenters. The van der Waals surface area contributed by atoms with E-state index < -0.39 is 0 Å². The van der Waals surface area contributed by atoms with Crippen molar-refractivity contribution < 1.29 is 9.47 Å². The van der Waals surface area contributed by atoms with Crippen LogP contribution in [0, 0.1) is 0 Å². The highest BCUT2D eigenvalue weighted by Gasteiger charge is 2.20. The van der Waals surface area contributed by atoms with Crippen LogP contribution in [0.1, 0.15) is 38.5 Å². The molecule has 116 valence electrons. The van der Waals surface area contributed by atoms with Gasteiger partial charge in [-0.25, -0.2) is 0 Å². The second-order valence-corrected chi connectivity index (χ2v) is 6.69. The van der Waals surface area contributed by atoms with Crippen LogP contribution in [-0.4, -0.2) is 12.9 Å². The SMILES string of the molecule is CCOC(C)Oc1ccccc2cc3c(C(C)C)scc3c1-2. The molecule has 22 heavy (non-hydrogen) atoms. The molecule has 1 atom stereocenters. The van der Waals surface area contributed by atoms with Gasteiger partial charge in [0.05, 0.1) is 0 Å². The lowest BCUT2D eigenvalue weighted by atomic mass is 10.1. The largest absolute Gasteiger partial charge is 0.465 e. The molecule has 2 aliphatic rings. The first-order chi connectivity index (χ1) is 10.6. The number of thiophene rings is 1. The van der Waals surface area contributed by atoms with E-state index in [1.807, 2.05) is 37.3 Å². The molecule has 0 N–H and O–H groups in total. The van der Waals surface area contributed by atoms with E-state index in [-0.39, 0.29) is 6.29 Å². The van der Waals surface area contributed by atoms with Gasteiger partial charge in [0, 0.05) is 22.4 Å². The third kappa shape index (κ3) is 2.71. The van der Waals surface area contributed by atoms with E-state index in [0.717, 1.165) is 5.75 Å². The van der Waals surface area contributed by atoms with Gasteiger partial charge in [-0.3, -0.25) is 0 Å². The van der Waals surface area contributed by atoms with Crippen molar-refractivity contribution in [1.82, 2.24) is 0 Å². The maximum atomic E-state index is 6.05. The van der Waals surface area contributed by atoms with Gasteiger partial charge in [-0.2, -0.15) is 0 Å². The molecule has 0 fully saturated rings. The van der Waals surface area contributed by atoms with Crippen molar-refractivity contribution in [2.24, 2.45) is 0 Å². The first-order valence-electron chi connectivity index (χ1n) is 7.83. The molecule has 0 saturated heterocycles. The Bertz CT molecular complexity index is 745. The Morgan fingerprint density at radius 2 is 1.86 bits per heavy atom. The summed E-state index contributed by atoms with van der Waals surface area (Å²) in [6.45, 7) is 9.06. The summed E-state index contributed by atoms with van der Waals surface area (Å²) in [5.41, 5.74) is 2.41. The normalized spacial score (nSPS) is 13.1. The number of hydrogen-bond donors (Lipinski definition) is 0. The zero-order valence-corrected chi connectivity index (χ0v) is 14.4. The average molecular weight is 314 g/mol. The van der Waals surface area contributed by atoms with Gasteiger partial charge in [0.25, 0.3) is 0 Å². The monoisotopic (exact) mass is 314 g/mol. The average Bonchev–Trinajstić information content (AvgIpc) is 2.95. The second kappa shape index (κ2) is 6.27. The summed E-state index contributed by atoms with van der Waals surface area (Å²) >= 11 is 1.84. The highest BCUT2D eigenvalue weighted by Crippen LogP contribution is 2.45. The molecular weight excluding hydrogens is 292 g/mol. The standard InChI is InChI=1S/C19H22O2S/c1-5-20-13(4)21-17-9-7-6-8-14-10-15-16(18(14)17)11-22-19(15)12(2)3/h6-13H,5H2,1-4H3. The Kier molecular flexibility index (Phi) is 4.37. The van der Waals surface area contributed by atoms with Gasteiger partial charge in [-0.1, -0.05) is 32.0 Å². The Labute approximate surface area is 136 Å². The van der Waals surface area contributed by atoms with Crippen LogP contribution in [0.4, 0.5) is 0 Å². The molecule has 3 heteroatoms. The highest BCUT2D eigenvalue weighted by atomic mass is 32.1. The summed E-state index contributed by atoms with van der Waals surface area (Å²) in [5.74, 6) is 1.43. The molecule has 2 nitrogen and oxygen atoms in total. The molecule has 3 rings (SSSR count). The lowest BCUT2D eigenvalue weighted by Crippen LogP contribution is -2.16. The predicted molar refractivity (Wildman–Crippen MR) is 94.3 cm³/mol. The minimum Gasteiger partial charge on any atom is -0.465 e. The zero-order chi connectivity index (χ0) is 15.7. The molecule has 1 aromatic heterocycles. The predicted octanol–water partition coefficient (Wildman–Crippen LogP) is 5.89. The van der Waals surface area contributed by atoms with E-state index in [1.165, 1.54) is 26.8 Å². The van der Waals surface area contributed by atoms with Crippen molar-refractivity contribution >= 4 is 22.1 Å². The van der Waals surface area contributed by atoms with Crippen LogP contribution in [0.3, 0.4) is 0 Å². The fourth-order valence-corrected chi connectivity index (χ4v) is 3.95.